The molecule has 1 aromatic heterocycles. The molecule has 0 atom stereocenters. The summed E-state index contributed by atoms with van der Waals surface area (Å²) in [5.74, 6) is 0. The van der Waals surface area contributed by atoms with E-state index in [1.165, 1.54) is 0 Å². The molecule has 1 N–H and O–H groups in total. The number of hydrogen-bond donors (Lipinski definition) is 1. The van der Waals surface area contributed by atoms with Gasteiger partial charge in [-0.15, -0.1) is 0 Å². The van der Waals surface area contributed by atoms with Crippen LogP contribution in [0.1, 0.15) is 1.43 Å². The Balaban J connectivity index is 0.000000845. The summed E-state index contributed by atoms with van der Waals surface area (Å²) in [7, 11) is 0. The summed E-state index contributed by atoms with van der Waals surface area (Å²) in [6, 6.07) is 9.85. The quantitative estimate of drug-likeness (QED) is 0.493. The second-order valence-electron chi connectivity index (χ2n) is 2.37. The molecular weight excluding hydrogens is 209 g/mol. The molecule has 2 rings (SSSR count). The van der Waals surface area contributed by atoms with Gasteiger partial charge in [-0.25, -0.2) is 0 Å². The fourth-order valence-corrected chi connectivity index (χ4v) is 1.23. The van der Waals surface area contributed by atoms with Gasteiger partial charge in [0.15, 0.2) is 4.77 Å². The van der Waals surface area contributed by atoms with E-state index in [1.54, 1.807) is 6.33 Å². The number of hydrogen-bond acceptors (Lipinski definition) is 2. The fourth-order valence-electron chi connectivity index (χ4n) is 1.02. The summed E-state index contributed by atoms with van der Waals surface area (Å²) < 4.78 is 2.43. The molecule has 0 aliphatic heterocycles. The van der Waals surface area contributed by atoms with Crippen molar-refractivity contribution in [1.29, 1.82) is 0 Å². The number of para-hydroxylation sites is 1. The van der Waals surface area contributed by atoms with E-state index in [2.05, 4.69) is 10.2 Å². The Labute approximate surface area is 125 Å². The van der Waals surface area contributed by atoms with Gasteiger partial charge >= 0.3 is 51.4 Å². The van der Waals surface area contributed by atoms with Crippen LogP contribution in [0.15, 0.2) is 36.7 Å². The average molecular weight is 217 g/mol. The Morgan fingerprint density at radius 1 is 1.31 bits per heavy atom. The van der Waals surface area contributed by atoms with E-state index in [9.17, 15) is 0 Å². The first-order valence-electron chi connectivity index (χ1n) is 3.55. The molecule has 0 aliphatic rings. The molecule has 0 amide bonds. The van der Waals surface area contributed by atoms with Crippen LogP contribution < -0.4 is 51.4 Å². The summed E-state index contributed by atoms with van der Waals surface area (Å²) >= 11 is 5.01. The predicted octanol–water partition coefficient (Wildman–Crippen LogP) is -0.954. The summed E-state index contributed by atoms with van der Waals surface area (Å²) in [5, 5.41) is 6.53. The molecule has 5 heteroatoms. The number of aromatic nitrogens is 3. The zero-order chi connectivity index (χ0) is 8.39. The molecule has 0 aliphatic carbocycles. The molecule has 0 spiro atoms. The monoisotopic (exact) mass is 217 g/mol. The fraction of sp³-hybridized carbons (Fsp3) is 0. The molecule has 0 bridgehead atoms. The van der Waals surface area contributed by atoms with Crippen LogP contribution in [-0.2, 0) is 0 Å². The molecule has 0 saturated heterocycles. The SMILES string of the molecule is S=c1[nH]ncn1-c1ccccc1.[H-].[K+]. The van der Waals surface area contributed by atoms with E-state index < -0.39 is 0 Å². The maximum Gasteiger partial charge on any atom is 1.00 e. The zero-order valence-electron chi connectivity index (χ0n) is 8.27. The van der Waals surface area contributed by atoms with Crippen molar-refractivity contribution in [2.24, 2.45) is 0 Å². The van der Waals surface area contributed by atoms with E-state index in [0.717, 1.165) is 5.69 Å². The number of rotatable bonds is 1. The Kier molecular flexibility index (Phi) is 4.50. The number of H-pyrrole nitrogens is 1. The maximum absolute atomic E-state index is 5.01. The van der Waals surface area contributed by atoms with E-state index >= 15 is 0 Å². The van der Waals surface area contributed by atoms with Gasteiger partial charge in [-0.3, -0.25) is 9.67 Å². The molecule has 13 heavy (non-hydrogen) atoms. The van der Waals surface area contributed by atoms with Gasteiger partial charge in [0.25, 0.3) is 0 Å². The van der Waals surface area contributed by atoms with Crippen LogP contribution in [-0.4, -0.2) is 14.8 Å². The molecule has 1 heterocycles. The van der Waals surface area contributed by atoms with Gasteiger partial charge < -0.3 is 1.43 Å². The number of nitrogens with one attached hydrogen (secondary N) is 1. The minimum atomic E-state index is 0. The average Bonchev–Trinajstić information content (AvgIpc) is 2.53. The molecule has 2 aromatic rings. The van der Waals surface area contributed by atoms with Crippen LogP contribution >= 0.6 is 12.2 Å². The summed E-state index contributed by atoms with van der Waals surface area (Å²) in [5.41, 5.74) is 1.02. The first-order valence-corrected chi connectivity index (χ1v) is 3.96. The Morgan fingerprint density at radius 2 is 2.00 bits per heavy atom. The van der Waals surface area contributed by atoms with Gasteiger partial charge in [0.2, 0.25) is 0 Å². The molecule has 0 radical (unpaired) electrons. The van der Waals surface area contributed by atoms with Crippen LogP contribution in [0.3, 0.4) is 0 Å². The standard InChI is InChI=1S/C8H7N3S.K.H/c12-8-10-9-6-11(8)7-4-2-1-3-5-7;;/h1-6H,(H,10,12);;/q;+1;-1. The summed E-state index contributed by atoms with van der Waals surface area (Å²) in [6.45, 7) is 0. The van der Waals surface area contributed by atoms with Crippen molar-refractivity contribution in [1.82, 2.24) is 14.8 Å². The third-order valence-corrected chi connectivity index (χ3v) is 1.87. The second kappa shape index (κ2) is 5.19. The number of nitrogens with zero attached hydrogens (tertiary/aromatic N) is 2. The Morgan fingerprint density at radius 3 is 2.54 bits per heavy atom. The third-order valence-electron chi connectivity index (χ3n) is 1.59. The largest absolute Gasteiger partial charge is 1.00 e. The van der Waals surface area contributed by atoms with Gasteiger partial charge in [0.1, 0.15) is 6.33 Å². The van der Waals surface area contributed by atoms with Gasteiger partial charge in [-0.05, 0) is 24.4 Å². The molecule has 0 fully saturated rings. The van der Waals surface area contributed by atoms with Gasteiger partial charge in [-0.1, -0.05) is 18.2 Å². The van der Waals surface area contributed by atoms with E-state index in [1.807, 2.05) is 34.9 Å². The normalized spacial score (nSPS) is 9.23. The topological polar surface area (TPSA) is 33.6 Å². The Bertz CT molecular complexity index is 425. The molecule has 3 nitrogen and oxygen atoms in total. The second-order valence-corrected chi connectivity index (χ2v) is 2.75. The molecular formula is C8H8KN3S. The van der Waals surface area contributed by atoms with E-state index in [4.69, 9.17) is 12.2 Å². The first-order chi connectivity index (χ1) is 5.88. The third kappa shape index (κ3) is 2.58. The predicted molar refractivity (Wildman–Crippen MR) is 49.9 cm³/mol. The minimum Gasteiger partial charge on any atom is -1.00 e. The summed E-state index contributed by atoms with van der Waals surface area (Å²) in [4.78, 5) is 0. The van der Waals surface area contributed by atoms with E-state index in [-0.39, 0.29) is 52.8 Å². The number of benzene rings is 1. The Hall–Kier alpha value is 0.216. The summed E-state index contributed by atoms with van der Waals surface area (Å²) in [6.07, 6.45) is 1.66. The van der Waals surface area contributed by atoms with Crippen LogP contribution in [0.4, 0.5) is 0 Å². The van der Waals surface area contributed by atoms with Gasteiger partial charge in [0, 0.05) is 5.69 Å². The van der Waals surface area contributed by atoms with Gasteiger partial charge in [-0.2, -0.15) is 5.10 Å². The van der Waals surface area contributed by atoms with E-state index in [0.29, 0.717) is 4.77 Å². The van der Waals surface area contributed by atoms with Crippen LogP contribution in [0, 0.1) is 4.77 Å². The van der Waals surface area contributed by atoms with Gasteiger partial charge in [0.05, 0.1) is 0 Å². The van der Waals surface area contributed by atoms with Crippen molar-refractivity contribution in [2.45, 2.75) is 0 Å². The van der Waals surface area contributed by atoms with Crippen LogP contribution in [0.5, 0.6) is 0 Å². The first kappa shape index (κ1) is 11.3. The van der Waals surface area contributed by atoms with Crippen LogP contribution in [0.25, 0.3) is 5.69 Å². The van der Waals surface area contributed by atoms with Crippen molar-refractivity contribution < 1.29 is 52.8 Å². The zero-order valence-corrected chi connectivity index (χ0v) is 11.2. The van der Waals surface area contributed by atoms with Crippen molar-refractivity contribution in [3.8, 4) is 5.69 Å². The van der Waals surface area contributed by atoms with Crippen molar-refractivity contribution in [2.75, 3.05) is 0 Å². The molecule has 0 unspecified atom stereocenters. The smallest absolute Gasteiger partial charge is 1.00 e. The van der Waals surface area contributed by atoms with Crippen molar-refractivity contribution in [3.05, 3.63) is 41.4 Å². The van der Waals surface area contributed by atoms with Crippen molar-refractivity contribution in [3.63, 3.8) is 0 Å². The van der Waals surface area contributed by atoms with Crippen molar-refractivity contribution >= 4 is 12.2 Å². The molecule has 62 valence electrons. The van der Waals surface area contributed by atoms with Crippen LogP contribution in [0.2, 0.25) is 0 Å². The number of aromatic amines is 1. The molecule has 1 aromatic carbocycles. The molecule has 0 saturated carbocycles. The minimum absolute atomic E-state index is 0. The maximum atomic E-state index is 5.01.